The number of nitrogens with one attached hydrogen (secondary N) is 1. The largest absolute Gasteiger partial charge is 0.481 e. The lowest BCUT2D eigenvalue weighted by molar-refractivity contribution is -0.140. The van der Waals surface area contributed by atoms with Gasteiger partial charge in [-0.2, -0.15) is 0 Å². The summed E-state index contributed by atoms with van der Waals surface area (Å²) in [7, 11) is 0. The van der Waals surface area contributed by atoms with E-state index in [2.05, 4.69) is 15.5 Å². The average molecular weight is 297 g/mol. The molecule has 1 aliphatic rings. The molecule has 1 heterocycles. The van der Waals surface area contributed by atoms with Crippen molar-refractivity contribution >= 4 is 28.3 Å². The van der Waals surface area contributed by atoms with Crippen LogP contribution < -0.4 is 5.32 Å². The topological polar surface area (TPSA) is 92.2 Å². The first-order valence-corrected chi connectivity index (χ1v) is 7.24. The Morgan fingerprint density at radius 2 is 1.85 bits per heavy atom. The fraction of sp³-hybridized carbons (Fsp3) is 0.692. The van der Waals surface area contributed by atoms with E-state index in [0.717, 1.165) is 5.01 Å². The molecule has 0 unspecified atom stereocenters. The van der Waals surface area contributed by atoms with Gasteiger partial charge in [0.2, 0.25) is 11.0 Å². The van der Waals surface area contributed by atoms with Crippen LogP contribution in [0.3, 0.4) is 0 Å². The summed E-state index contributed by atoms with van der Waals surface area (Å²) in [5.74, 6) is -2.36. The number of hydrogen-bond acceptors (Lipinski definition) is 5. The van der Waals surface area contributed by atoms with Crippen LogP contribution in [0.2, 0.25) is 0 Å². The predicted molar refractivity (Wildman–Crippen MR) is 75.6 cm³/mol. The lowest BCUT2D eigenvalue weighted by atomic mass is 9.98. The molecule has 1 aromatic rings. The van der Waals surface area contributed by atoms with Gasteiger partial charge in [-0.1, -0.05) is 46.0 Å². The van der Waals surface area contributed by atoms with Gasteiger partial charge in [0, 0.05) is 5.41 Å². The van der Waals surface area contributed by atoms with Gasteiger partial charge < -0.3 is 10.4 Å². The highest BCUT2D eigenvalue weighted by molar-refractivity contribution is 7.15. The summed E-state index contributed by atoms with van der Waals surface area (Å²) in [6.07, 6.45) is 0. The van der Waals surface area contributed by atoms with Gasteiger partial charge in [0.1, 0.15) is 5.01 Å². The quantitative estimate of drug-likeness (QED) is 0.891. The van der Waals surface area contributed by atoms with E-state index in [9.17, 15) is 9.59 Å². The number of anilines is 1. The smallest absolute Gasteiger partial charge is 0.307 e. The fourth-order valence-electron chi connectivity index (χ4n) is 2.35. The van der Waals surface area contributed by atoms with Gasteiger partial charge in [-0.25, -0.2) is 0 Å². The molecule has 1 aliphatic carbocycles. The highest BCUT2D eigenvalue weighted by Crippen LogP contribution is 2.58. The molecule has 2 atom stereocenters. The first-order chi connectivity index (χ1) is 9.05. The zero-order chi connectivity index (χ0) is 15.3. The van der Waals surface area contributed by atoms with Gasteiger partial charge in [0.05, 0.1) is 11.8 Å². The molecule has 2 rings (SSSR count). The zero-order valence-electron chi connectivity index (χ0n) is 12.2. The third-order valence-electron chi connectivity index (χ3n) is 3.67. The molecule has 0 radical (unpaired) electrons. The summed E-state index contributed by atoms with van der Waals surface area (Å²) < 4.78 is 0. The van der Waals surface area contributed by atoms with Crippen molar-refractivity contribution in [3.05, 3.63) is 5.01 Å². The molecule has 110 valence electrons. The summed E-state index contributed by atoms with van der Waals surface area (Å²) in [5, 5.41) is 21.0. The lowest BCUT2D eigenvalue weighted by Gasteiger charge is -2.12. The molecule has 2 N–H and O–H groups in total. The van der Waals surface area contributed by atoms with E-state index in [1.54, 1.807) is 13.8 Å². The van der Waals surface area contributed by atoms with Gasteiger partial charge in [0.25, 0.3) is 0 Å². The number of rotatable bonds is 3. The lowest BCUT2D eigenvalue weighted by Crippen LogP contribution is -2.17. The van der Waals surface area contributed by atoms with Gasteiger partial charge in [-0.3, -0.25) is 9.59 Å². The Morgan fingerprint density at radius 3 is 2.25 bits per heavy atom. The molecule has 0 spiro atoms. The number of aromatic nitrogens is 2. The third-order valence-corrected chi connectivity index (χ3v) is 4.94. The number of nitrogens with zero attached hydrogens (tertiary/aromatic N) is 2. The van der Waals surface area contributed by atoms with Crippen LogP contribution in [0.1, 0.15) is 39.6 Å². The van der Waals surface area contributed by atoms with Crippen LogP contribution in [-0.4, -0.2) is 27.2 Å². The fourth-order valence-corrected chi connectivity index (χ4v) is 3.15. The SMILES string of the molecule is CC(C)(C)c1nnc(NC(=O)[C@@H]2[C@@H](C(=O)O)C2(C)C)s1. The molecule has 0 aromatic carbocycles. The molecular weight excluding hydrogens is 278 g/mol. The molecule has 1 amide bonds. The van der Waals surface area contributed by atoms with E-state index in [-0.39, 0.29) is 11.3 Å². The Hall–Kier alpha value is -1.50. The summed E-state index contributed by atoms with van der Waals surface area (Å²) in [5.41, 5.74) is -0.628. The molecule has 0 bridgehead atoms. The second-order valence-electron chi connectivity index (χ2n) is 6.77. The van der Waals surface area contributed by atoms with Crippen molar-refractivity contribution in [2.45, 2.75) is 40.0 Å². The molecule has 1 fully saturated rings. The third kappa shape index (κ3) is 2.54. The van der Waals surface area contributed by atoms with Crippen LogP contribution in [-0.2, 0) is 15.0 Å². The number of aliphatic carboxylic acids is 1. The van der Waals surface area contributed by atoms with Crippen molar-refractivity contribution in [3.63, 3.8) is 0 Å². The van der Waals surface area contributed by atoms with Crippen molar-refractivity contribution in [1.29, 1.82) is 0 Å². The molecule has 20 heavy (non-hydrogen) atoms. The second kappa shape index (κ2) is 4.51. The van der Waals surface area contributed by atoms with Crippen LogP contribution in [0, 0.1) is 17.3 Å². The highest BCUT2D eigenvalue weighted by Gasteiger charge is 2.66. The number of carboxylic acid groups (broad SMARTS) is 1. The van der Waals surface area contributed by atoms with E-state index >= 15 is 0 Å². The van der Waals surface area contributed by atoms with Gasteiger partial charge in [0.15, 0.2) is 0 Å². The van der Waals surface area contributed by atoms with Crippen molar-refractivity contribution in [2.75, 3.05) is 5.32 Å². The zero-order valence-corrected chi connectivity index (χ0v) is 13.0. The molecule has 1 aromatic heterocycles. The van der Waals surface area contributed by atoms with Gasteiger partial charge in [-0.05, 0) is 5.41 Å². The van der Waals surface area contributed by atoms with Crippen molar-refractivity contribution in [3.8, 4) is 0 Å². The number of hydrogen-bond donors (Lipinski definition) is 2. The highest BCUT2D eigenvalue weighted by atomic mass is 32.1. The number of carbonyl (C=O) groups excluding carboxylic acids is 1. The van der Waals surface area contributed by atoms with Crippen LogP contribution in [0.15, 0.2) is 0 Å². The van der Waals surface area contributed by atoms with Crippen LogP contribution in [0.4, 0.5) is 5.13 Å². The minimum atomic E-state index is -0.928. The van der Waals surface area contributed by atoms with Gasteiger partial charge in [-0.15, -0.1) is 10.2 Å². The Labute approximate surface area is 121 Å². The van der Waals surface area contributed by atoms with Crippen molar-refractivity contribution < 1.29 is 14.7 Å². The van der Waals surface area contributed by atoms with Gasteiger partial charge >= 0.3 is 5.97 Å². The van der Waals surface area contributed by atoms with Crippen LogP contribution in [0.5, 0.6) is 0 Å². The van der Waals surface area contributed by atoms with Crippen LogP contribution in [0.25, 0.3) is 0 Å². The number of carbonyl (C=O) groups is 2. The molecule has 7 heteroatoms. The maximum Gasteiger partial charge on any atom is 0.307 e. The Morgan fingerprint density at radius 1 is 1.25 bits per heavy atom. The van der Waals surface area contributed by atoms with E-state index in [1.165, 1.54) is 11.3 Å². The first-order valence-electron chi connectivity index (χ1n) is 6.43. The van der Waals surface area contributed by atoms with E-state index < -0.39 is 23.2 Å². The van der Waals surface area contributed by atoms with E-state index in [1.807, 2.05) is 20.8 Å². The van der Waals surface area contributed by atoms with Crippen LogP contribution >= 0.6 is 11.3 Å². The molecular formula is C13H19N3O3S. The summed E-state index contributed by atoms with van der Waals surface area (Å²) in [6.45, 7) is 9.63. The first kappa shape index (κ1) is 14.9. The minimum Gasteiger partial charge on any atom is -0.481 e. The molecule has 6 nitrogen and oxygen atoms in total. The number of amides is 1. The van der Waals surface area contributed by atoms with E-state index in [4.69, 9.17) is 5.11 Å². The molecule has 0 aliphatic heterocycles. The number of carboxylic acids is 1. The van der Waals surface area contributed by atoms with E-state index in [0.29, 0.717) is 5.13 Å². The maximum atomic E-state index is 12.1. The second-order valence-corrected chi connectivity index (χ2v) is 7.74. The molecule has 1 saturated carbocycles. The monoisotopic (exact) mass is 297 g/mol. The standard InChI is InChI=1S/C13H19N3O3S/c1-12(2,3)10-15-16-11(20-10)14-8(17)6-7(9(18)19)13(6,4)5/h6-7H,1-5H3,(H,18,19)(H,14,16,17)/t6-,7-/m0/s1. The average Bonchev–Trinajstić information content (AvgIpc) is 2.67. The Kier molecular flexibility index (Phi) is 3.36. The summed E-state index contributed by atoms with van der Waals surface area (Å²) >= 11 is 1.32. The Bertz CT molecular complexity index is 559. The Balaban J connectivity index is 2.07. The maximum absolute atomic E-state index is 12.1. The van der Waals surface area contributed by atoms with Crippen molar-refractivity contribution in [2.24, 2.45) is 17.3 Å². The predicted octanol–water partition coefficient (Wildman–Crippen LogP) is 2.13. The van der Waals surface area contributed by atoms with Crippen molar-refractivity contribution in [1.82, 2.24) is 10.2 Å². The summed E-state index contributed by atoms with van der Waals surface area (Å²) in [6, 6.07) is 0. The minimum absolute atomic E-state index is 0.122. The summed E-state index contributed by atoms with van der Waals surface area (Å²) in [4.78, 5) is 23.2. The molecule has 0 saturated heterocycles. The normalized spacial score (nSPS) is 24.2.